The number of aryl methyl sites for hydroxylation is 1. The molecular weight excluding hydrogens is 227 g/mol. The van der Waals surface area contributed by atoms with Crippen LogP contribution in [-0.4, -0.2) is 29.4 Å². The summed E-state index contributed by atoms with van der Waals surface area (Å²) in [6.07, 6.45) is 0. The Kier molecular flexibility index (Phi) is 3.95. The highest BCUT2D eigenvalue weighted by Crippen LogP contribution is 2.13. The highest BCUT2D eigenvalue weighted by atomic mass is 32.1. The number of amides is 1. The van der Waals surface area contributed by atoms with Crippen LogP contribution in [-0.2, 0) is 0 Å². The lowest BCUT2D eigenvalue weighted by atomic mass is 10.1. The van der Waals surface area contributed by atoms with Gasteiger partial charge in [0.1, 0.15) is 5.82 Å². The maximum atomic E-state index is 13.6. The number of likely N-dealkylation sites (N-methyl/N-ethyl adjacent to an activating group) is 1. The summed E-state index contributed by atoms with van der Waals surface area (Å²) in [6.45, 7) is 1.75. The number of thiocarbonyl (C=S) groups is 1. The summed E-state index contributed by atoms with van der Waals surface area (Å²) in [5.74, 6) is -0.920. The average Bonchev–Trinajstić information content (AvgIpc) is 2.20. The van der Waals surface area contributed by atoms with Crippen molar-refractivity contribution in [3.63, 3.8) is 0 Å². The third-order valence-electron chi connectivity index (χ3n) is 2.16. The van der Waals surface area contributed by atoms with Crippen molar-refractivity contribution in [2.24, 2.45) is 5.73 Å². The zero-order valence-corrected chi connectivity index (χ0v) is 9.97. The Balaban J connectivity index is 2.96. The monoisotopic (exact) mass is 240 g/mol. The van der Waals surface area contributed by atoms with Gasteiger partial charge in [-0.05, 0) is 18.6 Å². The van der Waals surface area contributed by atoms with Crippen LogP contribution >= 0.6 is 12.2 Å². The van der Waals surface area contributed by atoms with Crippen LogP contribution in [0.15, 0.2) is 18.2 Å². The van der Waals surface area contributed by atoms with Crippen LogP contribution in [0, 0.1) is 12.7 Å². The van der Waals surface area contributed by atoms with Crippen molar-refractivity contribution in [3.05, 3.63) is 35.1 Å². The van der Waals surface area contributed by atoms with Crippen molar-refractivity contribution in [1.82, 2.24) is 4.90 Å². The minimum absolute atomic E-state index is 0.0405. The molecule has 16 heavy (non-hydrogen) atoms. The summed E-state index contributed by atoms with van der Waals surface area (Å²) in [5, 5.41) is 0. The van der Waals surface area contributed by atoms with E-state index in [0.29, 0.717) is 5.56 Å². The zero-order chi connectivity index (χ0) is 12.3. The summed E-state index contributed by atoms with van der Waals surface area (Å²) < 4.78 is 13.6. The Morgan fingerprint density at radius 3 is 2.75 bits per heavy atom. The summed E-state index contributed by atoms with van der Waals surface area (Å²) >= 11 is 4.69. The van der Waals surface area contributed by atoms with E-state index in [1.54, 1.807) is 19.1 Å². The number of rotatable bonds is 3. The maximum Gasteiger partial charge on any atom is 0.256 e. The maximum absolute atomic E-state index is 13.6. The largest absolute Gasteiger partial charge is 0.392 e. The average molecular weight is 240 g/mol. The standard InChI is InChI=1S/C11H13FN2OS/c1-7-4-3-5-8(10(7)12)11(15)14(2)6-9(13)16/h3-5H,6H2,1-2H3,(H2,13,16). The quantitative estimate of drug-likeness (QED) is 0.814. The first-order valence-electron chi connectivity index (χ1n) is 4.72. The van der Waals surface area contributed by atoms with E-state index in [4.69, 9.17) is 5.73 Å². The Labute approximate surface area is 99.0 Å². The molecule has 5 heteroatoms. The number of hydrogen-bond acceptors (Lipinski definition) is 2. The van der Waals surface area contributed by atoms with Crippen LogP contribution in [0.2, 0.25) is 0 Å². The van der Waals surface area contributed by atoms with E-state index in [0.717, 1.165) is 0 Å². The number of nitrogens with zero attached hydrogens (tertiary/aromatic N) is 1. The molecule has 3 nitrogen and oxygen atoms in total. The summed E-state index contributed by atoms with van der Waals surface area (Å²) in [7, 11) is 1.53. The molecule has 2 N–H and O–H groups in total. The second kappa shape index (κ2) is 5.03. The fourth-order valence-corrected chi connectivity index (χ4v) is 1.52. The summed E-state index contributed by atoms with van der Waals surface area (Å²) in [5.41, 5.74) is 5.80. The van der Waals surface area contributed by atoms with E-state index in [1.165, 1.54) is 18.0 Å². The molecule has 0 aromatic heterocycles. The summed E-state index contributed by atoms with van der Waals surface area (Å²) in [6, 6.07) is 4.70. The normalized spacial score (nSPS) is 9.94. The summed E-state index contributed by atoms with van der Waals surface area (Å²) in [4.78, 5) is 13.3. The molecule has 0 aliphatic rings. The van der Waals surface area contributed by atoms with Crippen molar-refractivity contribution in [3.8, 4) is 0 Å². The van der Waals surface area contributed by atoms with Gasteiger partial charge in [-0.2, -0.15) is 0 Å². The van der Waals surface area contributed by atoms with Crippen LogP contribution in [0.5, 0.6) is 0 Å². The van der Waals surface area contributed by atoms with Crippen molar-refractivity contribution >= 4 is 23.1 Å². The number of carbonyl (C=O) groups is 1. The fraction of sp³-hybridized carbons (Fsp3) is 0.273. The van der Waals surface area contributed by atoms with Crippen LogP contribution in [0.3, 0.4) is 0 Å². The van der Waals surface area contributed by atoms with E-state index in [1.807, 2.05) is 0 Å². The van der Waals surface area contributed by atoms with Crippen LogP contribution in [0.4, 0.5) is 4.39 Å². The topological polar surface area (TPSA) is 46.3 Å². The predicted octanol–water partition coefficient (Wildman–Crippen LogP) is 1.49. The third kappa shape index (κ3) is 2.76. The molecule has 1 rings (SSSR count). The Hall–Kier alpha value is -1.49. The first-order chi connectivity index (χ1) is 7.43. The van der Waals surface area contributed by atoms with Gasteiger partial charge in [-0.3, -0.25) is 4.79 Å². The Morgan fingerprint density at radius 2 is 2.19 bits per heavy atom. The lowest BCUT2D eigenvalue weighted by molar-refractivity contribution is 0.0810. The number of nitrogens with two attached hydrogens (primary N) is 1. The highest BCUT2D eigenvalue weighted by molar-refractivity contribution is 7.80. The van der Waals surface area contributed by atoms with Crippen LogP contribution in [0.1, 0.15) is 15.9 Å². The molecule has 0 spiro atoms. The van der Waals surface area contributed by atoms with Crippen LogP contribution < -0.4 is 5.73 Å². The molecule has 1 aromatic rings. The van der Waals surface area contributed by atoms with Crippen molar-refractivity contribution in [2.75, 3.05) is 13.6 Å². The molecular formula is C11H13FN2OS. The van der Waals surface area contributed by atoms with E-state index in [2.05, 4.69) is 12.2 Å². The molecule has 0 saturated carbocycles. The van der Waals surface area contributed by atoms with Gasteiger partial charge in [-0.25, -0.2) is 4.39 Å². The van der Waals surface area contributed by atoms with E-state index in [-0.39, 0.29) is 17.1 Å². The second-order valence-electron chi connectivity index (χ2n) is 3.56. The molecule has 0 aliphatic carbocycles. The highest BCUT2D eigenvalue weighted by Gasteiger charge is 2.17. The molecule has 0 radical (unpaired) electrons. The van der Waals surface area contributed by atoms with Crippen molar-refractivity contribution < 1.29 is 9.18 Å². The molecule has 0 aliphatic heterocycles. The van der Waals surface area contributed by atoms with Gasteiger partial charge in [0.25, 0.3) is 5.91 Å². The number of hydrogen-bond donors (Lipinski definition) is 1. The van der Waals surface area contributed by atoms with Gasteiger partial charge < -0.3 is 10.6 Å². The SMILES string of the molecule is Cc1cccc(C(=O)N(C)CC(N)=S)c1F. The van der Waals surface area contributed by atoms with E-state index < -0.39 is 11.7 Å². The van der Waals surface area contributed by atoms with Gasteiger partial charge >= 0.3 is 0 Å². The number of halogens is 1. The van der Waals surface area contributed by atoms with Crippen LogP contribution in [0.25, 0.3) is 0 Å². The molecule has 0 heterocycles. The van der Waals surface area contributed by atoms with Gasteiger partial charge in [-0.15, -0.1) is 0 Å². The predicted molar refractivity (Wildman–Crippen MR) is 64.9 cm³/mol. The first-order valence-corrected chi connectivity index (χ1v) is 5.13. The lowest BCUT2D eigenvalue weighted by Crippen LogP contribution is -2.34. The van der Waals surface area contributed by atoms with Gasteiger partial charge in [-0.1, -0.05) is 24.4 Å². The molecule has 0 bridgehead atoms. The van der Waals surface area contributed by atoms with Gasteiger partial charge in [0.2, 0.25) is 0 Å². The van der Waals surface area contributed by atoms with Crippen molar-refractivity contribution in [1.29, 1.82) is 0 Å². The van der Waals surface area contributed by atoms with Gasteiger partial charge in [0, 0.05) is 7.05 Å². The molecule has 1 amide bonds. The Morgan fingerprint density at radius 1 is 1.56 bits per heavy atom. The smallest absolute Gasteiger partial charge is 0.256 e. The lowest BCUT2D eigenvalue weighted by Gasteiger charge is -2.16. The minimum atomic E-state index is -0.498. The number of benzene rings is 1. The van der Waals surface area contributed by atoms with Gasteiger partial charge in [0.15, 0.2) is 0 Å². The first kappa shape index (κ1) is 12.6. The second-order valence-corrected chi connectivity index (χ2v) is 4.09. The Bertz CT molecular complexity index is 434. The van der Waals surface area contributed by atoms with E-state index >= 15 is 0 Å². The molecule has 0 saturated heterocycles. The third-order valence-corrected chi connectivity index (χ3v) is 2.29. The molecule has 0 fully saturated rings. The minimum Gasteiger partial charge on any atom is -0.392 e. The van der Waals surface area contributed by atoms with Crippen molar-refractivity contribution in [2.45, 2.75) is 6.92 Å². The molecule has 0 unspecified atom stereocenters. The van der Waals surface area contributed by atoms with Gasteiger partial charge in [0.05, 0.1) is 17.1 Å². The van der Waals surface area contributed by atoms with E-state index in [9.17, 15) is 9.18 Å². The molecule has 86 valence electrons. The fourth-order valence-electron chi connectivity index (χ4n) is 1.32. The number of carbonyl (C=O) groups excluding carboxylic acids is 1. The molecule has 0 atom stereocenters. The molecule has 1 aromatic carbocycles. The zero-order valence-electron chi connectivity index (χ0n) is 9.16.